The van der Waals surface area contributed by atoms with E-state index in [0.717, 1.165) is 16.8 Å². The standard InChI is InChI=1S/C20H18FN3O2S/c1-12-18-19(27-11-17(25)22-20(18)24-23-12)13-6-8-15(9-7-13)26-10-14-4-2-3-5-16(14)21/h2-9,19H,10-11H2,1H3,(H2,22,23,24,25)/t19-/m0/s1. The summed E-state index contributed by atoms with van der Waals surface area (Å²) in [5, 5.41) is 9.98. The molecule has 3 aromatic rings. The van der Waals surface area contributed by atoms with Crippen LogP contribution < -0.4 is 10.1 Å². The number of H-pyrrole nitrogens is 1. The van der Waals surface area contributed by atoms with Gasteiger partial charge < -0.3 is 10.1 Å². The molecular weight excluding hydrogens is 365 g/mol. The molecule has 0 saturated heterocycles. The number of fused-ring (bicyclic) bond motifs is 1. The molecule has 138 valence electrons. The van der Waals surface area contributed by atoms with E-state index in [4.69, 9.17) is 4.74 Å². The van der Waals surface area contributed by atoms with E-state index in [1.165, 1.54) is 6.07 Å². The maximum absolute atomic E-state index is 13.7. The van der Waals surface area contributed by atoms with Gasteiger partial charge in [-0.2, -0.15) is 5.10 Å². The van der Waals surface area contributed by atoms with Gasteiger partial charge in [-0.3, -0.25) is 9.89 Å². The second kappa shape index (κ2) is 7.44. The summed E-state index contributed by atoms with van der Waals surface area (Å²) in [5.74, 6) is 1.29. The Hall–Kier alpha value is -2.80. The van der Waals surface area contributed by atoms with Gasteiger partial charge in [-0.15, -0.1) is 11.8 Å². The molecule has 0 fully saturated rings. The highest BCUT2D eigenvalue weighted by Gasteiger charge is 2.28. The van der Waals surface area contributed by atoms with Crippen molar-refractivity contribution in [1.82, 2.24) is 10.2 Å². The lowest BCUT2D eigenvalue weighted by Gasteiger charge is -2.16. The first-order valence-corrected chi connectivity index (χ1v) is 9.59. The van der Waals surface area contributed by atoms with Crippen molar-refractivity contribution in [1.29, 1.82) is 0 Å². The molecular formula is C20H18FN3O2S. The third-order valence-corrected chi connectivity index (χ3v) is 5.70. The fourth-order valence-corrected chi connectivity index (χ4v) is 4.24. The molecule has 0 spiro atoms. The van der Waals surface area contributed by atoms with Crippen molar-refractivity contribution < 1.29 is 13.9 Å². The van der Waals surface area contributed by atoms with Gasteiger partial charge in [0.05, 0.1) is 11.0 Å². The number of carbonyl (C=O) groups is 1. The van der Waals surface area contributed by atoms with E-state index < -0.39 is 0 Å². The van der Waals surface area contributed by atoms with Crippen LogP contribution in [0.2, 0.25) is 0 Å². The van der Waals surface area contributed by atoms with Gasteiger partial charge in [-0.1, -0.05) is 30.3 Å². The fourth-order valence-electron chi connectivity index (χ4n) is 3.04. The molecule has 2 N–H and O–H groups in total. The van der Waals surface area contributed by atoms with Gasteiger partial charge >= 0.3 is 0 Å². The van der Waals surface area contributed by atoms with Gasteiger partial charge in [0.15, 0.2) is 5.82 Å². The van der Waals surface area contributed by atoms with E-state index in [-0.39, 0.29) is 23.6 Å². The monoisotopic (exact) mass is 383 g/mol. The highest BCUT2D eigenvalue weighted by atomic mass is 32.2. The number of hydrogen-bond acceptors (Lipinski definition) is 4. The highest BCUT2D eigenvalue weighted by molar-refractivity contribution is 8.00. The summed E-state index contributed by atoms with van der Waals surface area (Å²) in [4.78, 5) is 11.9. The summed E-state index contributed by atoms with van der Waals surface area (Å²) < 4.78 is 19.4. The van der Waals surface area contributed by atoms with E-state index in [1.54, 1.807) is 30.0 Å². The first-order valence-electron chi connectivity index (χ1n) is 8.54. The molecule has 4 rings (SSSR count). The van der Waals surface area contributed by atoms with Crippen LogP contribution >= 0.6 is 11.8 Å². The number of rotatable bonds is 4. The van der Waals surface area contributed by atoms with Crippen LogP contribution in [0.3, 0.4) is 0 Å². The molecule has 0 bridgehead atoms. The Morgan fingerprint density at radius 2 is 2.00 bits per heavy atom. The van der Waals surface area contributed by atoms with Crippen molar-refractivity contribution in [3.63, 3.8) is 0 Å². The quantitative estimate of drug-likeness (QED) is 0.708. The second-order valence-electron chi connectivity index (χ2n) is 6.30. The van der Waals surface area contributed by atoms with Crippen LogP contribution in [-0.4, -0.2) is 21.9 Å². The van der Waals surface area contributed by atoms with Crippen LogP contribution in [0.5, 0.6) is 5.75 Å². The number of benzene rings is 2. The van der Waals surface area contributed by atoms with Crippen molar-refractivity contribution >= 4 is 23.5 Å². The number of amides is 1. The lowest BCUT2D eigenvalue weighted by molar-refractivity contribution is -0.113. The number of nitrogens with zero attached hydrogens (tertiary/aromatic N) is 1. The van der Waals surface area contributed by atoms with Gasteiger partial charge in [0.2, 0.25) is 5.91 Å². The van der Waals surface area contributed by atoms with Gasteiger partial charge in [0, 0.05) is 16.8 Å². The zero-order valence-electron chi connectivity index (χ0n) is 14.7. The number of ether oxygens (including phenoxy) is 1. The minimum absolute atomic E-state index is 0.00156. The van der Waals surface area contributed by atoms with E-state index in [2.05, 4.69) is 15.5 Å². The van der Waals surface area contributed by atoms with Gasteiger partial charge in [0.25, 0.3) is 0 Å². The Kier molecular flexibility index (Phi) is 4.85. The molecule has 1 amide bonds. The summed E-state index contributed by atoms with van der Waals surface area (Å²) in [5.41, 5.74) is 3.50. The SMILES string of the molecule is Cc1[nH]nc2c1[C@H](c1ccc(OCc3ccccc3F)cc1)SCC(=O)N2. The molecule has 0 saturated carbocycles. The number of hydrogen-bond donors (Lipinski definition) is 2. The minimum Gasteiger partial charge on any atom is -0.489 e. The Bertz CT molecular complexity index is 972. The molecule has 7 heteroatoms. The number of carbonyl (C=O) groups excluding carboxylic acids is 1. The van der Waals surface area contributed by atoms with E-state index in [1.807, 2.05) is 31.2 Å². The number of aromatic amines is 1. The average molecular weight is 383 g/mol. The smallest absolute Gasteiger partial charge is 0.235 e. The Labute approximate surface area is 160 Å². The lowest BCUT2D eigenvalue weighted by Crippen LogP contribution is -2.12. The molecule has 5 nitrogen and oxygen atoms in total. The van der Waals surface area contributed by atoms with Crippen LogP contribution in [0, 0.1) is 12.7 Å². The van der Waals surface area contributed by atoms with Gasteiger partial charge in [0.1, 0.15) is 18.2 Å². The van der Waals surface area contributed by atoms with E-state index in [9.17, 15) is 9.18 Å². The maximum Gasteiger partial charge on any atom is 0.235 e. The summed E-state index contributed by atoms with van der Waals surface area (Å²) >= 11 is 1.56. The first kappa shape index (κ1) is 17.6. The minimum atomic E-state index is -0.274. The molecule has 1 aliphatic rings. The summed E-state index contributed by atoms with van der Waals surface area (Å²) in [7, 11) is 0. The third kappa shape index (κ3) is 3.68. The maximum atomic E-state index is 13.7. The van der Waals surface area contributed by atoms with E-state index >= 15 is 0 Å². The van der Waals surface area contributed by atoms with Crippen molar-refractivity contribution in [2.24, 2.45) is 0 Å². The molecule has 0 aliphatic carbocycles. The van der Waals surface area contributed by atoms with Crippen LogP contribution in [0.4, 0.5) is 10.2 Å². The summed E-state index contributed by atoms with van der Waals surface area (Å²) in [6, 6.07) is 14.3. The van der Waals surface area contributed by atoms with Crippen molar-refractivity contribution in [3.8, 4) is 5.75 Å². The average Bonchev–Trinajstić information content (AvgIpc) is 2.93. The summed E-state index contributed by atoms with van der Waals surface area (Å²) in [6.45, 7) is 2.12. The van der Waals surface area contributed by atoms with Crippen LogP contribution in [0.15, 0.2) is 48.5 Å². The molecule has 2 heterocycles. The third-order valence-electron chi connectivity index (χ3n) is 4.43. The molecule has 0 unspecified atom stereocenters. The Morgan fingerprint density at radius 3 is 2.78 bits per heavy atom. The molecule has 1 aliphatic heterocycles. The number of thioether (sulfide) groups is 1. The Balaban J connectivity index is 1.53. The first-order chi connectivity index (χ1) is 13.1. The molecule has 0 radical (unpaired) electrons. The van der Waals surface area contributed by atoms with Crippen molar-refractivity contribution in [2.75, 3.05) is 11.1 Å². The normalized spacial score (nSPS) is 16.4. The molecule has 27 heavy (non-hydrogen) atoms. The number of halogens is 1. The number of nitrogens with one attached hydrogen (secondary N) is 2. The van der Waals surface area contributed by atoms with Crippen LogP contribution in [0.1, 0.15) is 27.6 Å². The van der Waals surface area contributed by atoms with Gasteiger partial charge in [-0.05, 0) is 30.7 Å². The largest absolute Gasteiger partial charge is 0.489 e. The van der Waals surface area contributed by atoms with Gasteiger partial charge in [-0.25, -0.2) is 4.39 Å². The molecule has 2 aromatic carbocycles. The predicted octanol–water partition coefficient (Wildman–Crippen LogP) is 4.21. The number of aromatic nitrogens is 2. The van der Waals surface area contributed by atoms with E-state index in [0.29, 0.717) is 22.9 Å². The molecule has 1 aromatic heterocycles. The van der Waals surface area contributed by atoms with Crippen LogP contribution in [-0.2, 0) is 11.4 Å². The van der Waals surface area contributed by atoms with Crippen molar-refractivity contribution in [2.45, 2.75) is 18.8 Å². The molecule has 1 atom stereocenters. The highest BCUT2D eigenvalue weighted by Crippen LogP contribution is 2.42. The summed E-state index contributed by atoms with van der Waals surface area (Å²) in [6.07, 6.45) is 0. The zero-order valence-corrected chi connectivity index (χ0v) is 15.5. The fraction of sp³-hybridized carbons (Fsp3) is 0.200. The second-order valence-corrected chi connectivity index (χ2v) is 7.39. The Morgan fingerprint density at radius 1 is 1.22 bits per heavy atom. The predicted molar refractivity (Wildman–Crippen MR) is 103 cm³/mol. The zero-order chi connectivity index (χ0) is 18.8. The van der Waals surface area contributed by atoms with Crippen LogP contribution in [0.25, 0.3) is 0 Å². The lowest BCUT2D eigenvalue weighted by atomic mass is 10.0. The number of aryl methyl sites for hydroxylation is 1. The van der Waals surface area contributed by atoms with Crippen molar-refractivity contribution in [3.05, 3.63) is 76.7 Å². The topological polar surface area (TPSA) is 67.0 Å². The number of anilines is 1.